The monoisotopic (exact) mass is 428 g/mol. The van der Waals surface area contributed by atoms with Crippen molar-refractivity contribution in [3.05, 3.63) is 86.0 Å². The van der Waals surface area contributed by atoms with E-state index in [9.17, 15) is 4.79 Å². The second-order valence-electron chi connectivity index (χ2n) is 6.65. The molecular formula is C21H14Cl2N2O2S. The topological polar surface area (TPSA) is 41.9 Å². The smallest absolute Gasteiger partial charge is 0.251 e. The van der Waals surface area contributed by atoms with Gasteiger partial charge in [-0.05, 0) is 53.9 Å². The van der Waals surface area contributed by atoms with Gasteiger partial charge in [-0.1, -0.05) is 29.3 Å². The molecule has 2 aromatic carbocycles. The number of ketones is 1. The molecule has 0 amide bonds. The van der Waals surface area contributed by atoms with Crippen molar-refractivity contribution in [1.29, 1.82) is 0 Å². The standard InChI is InChI=1S/C21H14Cl2N2O2S/c22-13-5-3-12(4-6-13)20(26)21-25-17(11-16(24-25)19-2-1-9-28-19)15-10-14(23)7-8-18(15)27-21/h1-10,17,21H,11H2/t17-,21-/m0/s1. The maximum Gasteiger partial charge on any atom is 0.251 e. The van der Waals surface area contributed by atoms with Crippen LogP contribution in [0, 0.1) is 0 Å². The molecule has 0 saturated carbocycles. The van der Waals surface area contributed by atoms with Gasteiger partial charge in [0.1, 0.15) is 5.75 Å². The largest absolute Gasteiger partial charge is 0.461 e. The summed E-state index contributed by atoms with van der Waals surface area (Å²) in [6, 6.07) is 16.2. The van der Waals surface area contributed by atoms with E-state index in [2.05, 4.69) is 0 Å². The van der Waals surface area contributed by atoms with Gasteiger partial charge in [-0.15, -0.1) is 11.3 Å². The van der Waals surface area contributed by atoms with Crippen LogP contribution in [0.4, 0.5) is 0 Å². The number of fused-ring (bicyclic) bond motifs is 3. The minimum Gasteiger partial charge on any atom is -0.461 e. The summed E-state index contributed by atoms with van der Waals surface area (Å²) in [5, 5.41) is 9.78. The van der Waals surface area contributed by atoms with Crippen molar-refractivity contribution in [3.8, 4) is 5.75 Å². The van der Waals surface area contributed by atoms with E-state index in [0.29, 0.717) is 27.8 Å². The van der Waals surface area contributed by atoms with E-state index in [4.69, 9.17) is 33.0 Å². The van der Waals surface area contributed by atoms with Gasteiger partial charge in [-0.2, -0.15) is 5.10 Å². The lowest BCUT2D eigenvalue weighted by atomic mass is 9.97. The van der Waals surface area contributed by atoms with Crippen LogP contribution in [0.15, 0.2) is 65.1 Å². The second kappa shape index (κ2) is 6.92. The Hall–Kier alpha value is -2.34. The predicted molar refractivity (Wildman–Crippen MR) is 112 cm³/mol. The van der Waals surface area contributed by atoms with Gasteiger partial charge in [0.15, 0.2) is 0 Å². The second-order valence-corrected chi connectivity index (χ2v) is 8.47. The number of thiophene rings is 1. The first-order valence-electron chi connectivity index (χ1n) is 8.76. The van der Waals surface area contributed by atoms with Gasteiger partial charge in [0, 0.05) is 27.6 Å². The van der Waals surface area contributed by atoms with E-state index in [0.717, 1.165) is 16.2 Å². The molecule has 7 heteroatoms. The van der Waals surface area contributed by atoms with E-state index < -0.39 is 6.23 Å². The number of hydrazone groups is 1. The quantitative estimate of drug-likeness (QED) is 0.494. The highest BCUT2D eigenvalue weighted by atomic mass is 35.5. The summed E-state index contributed by atoms with van der Waals surface area (Å²) >= 11 is 13.8. The van der Waals surface area contributed by atoms with Crippen LogP contribution in [0.25, 0.3) is 0 Å². The summed E-state index contributed by atoms with van der Waals surface area (Å²) in [5.74, 6) is 0.513. The van der Waals surface area contributed by atoms with Crippen LogP contribution < -0.4 is 4.74 Å². The van der Waals surface area contributed by atoms with Crippen molar-refractivity contribution in [1.82, 2.24) is 5.01 Å². The molecule has 0 unspecified atom stereocenters. The minimum absolute atomic E-state index is 0.0965. The molecule has 0 saturated heterocycles. The molecule has 2 aliphatic heterocycles. The van der Waals surface area contributed by atoms with Gasteiger partial charge in [0.2, 0.25) is 5.78 Å². The first-order valence-corrected chi connectivity index (χ1v) is 10.4. The van der Waals surface area contributed by atoms with Crippen molar-refractivity contribution in [2.75, 3.05) is 0 Å². The van der Waals surface area contributed by atoms with Crippen molar-refractivity contribution in [2.24, 2.45) is 5.10 Å². The van der Waals surface area contributed by atoms with Crippen LogP contribution in [-0.2, 0) is 0 Å². The highest BCUT2D eigenvalue weighted by molar-refractivity contribution is 7.12. The molecule has 140 valence electrons. The molecule has 28 heavy (non-hydrogen) atoms. The minimum atomic E-state index is -0.836. The third kappa shape index (κ3) is 3.00. The van der Waals surface area contributed by atoms with Crippen molar-refractivity contribution in [3.63, 3.8) is 0 Å². The van der Waals surface area contributed by atoms with Gasteiger partial charge in [0.05, 0.1) is 16.6 Å². The van der Waals surface area contributed by atoms with E-state index in [1.165, 1.54) is 0 Å². The van der Waals surface area contributed by atoms with Crippen LogP contribution in [-0.4, -0.2) is 22.7 Å². The Morgan fingerprint density at radius 1 is 1.11 bits per heavy atom. The summed E-state index contributed by atoms with van der Waals surface area (Å²) in [7, 11) is 0. The molecule has 3 heterocycles. The SMILES string of the molecule is O=C(c1ccc(Cl)cc1)[C@@H]1Oc2ccc(Cl)cc2[C@@H]2CC(c3cccs3)=NN12. The van der Waals surface area contributed by atoms with Crippen molar-refractivity contribution < 1.29 is 9.53 Å². The number of benzene rings is 2. The molecule has 0 fully saturated rings. The molecule has 5 rings (SSSR count). The number of Topliss-reactive ketones (excluding diaryl/α,β-unsaturated/α-hetero) is 1. The Kier molecular flexibility index (Phi) is 4.38. The molecule has 0 aliphatic carbocycles. The molecule has 0 N–H and O–H groups in total. The van der Waals surface area contributed by atoms with E-state index in [1.54, 1.807) is 46.7 Å². The Bertz CT molecular complexity index is 1080. The van der Waals surface area contributed by atoms with E-state index >= 15 is 0 Å². The Labute approximate surface area is 176 Å². The first-order chi connectivity index (χ1) is 13.6. The number of carbonyl (C=O) groups excluding carboxylic acids is 1. The average Bonchev–Trinajstić information content (AvgIpc) is 3.37. The zero-order valence-corrected chi connectivity index (χ0v) is 16.8. The number of carbonyl (C=O) groups is 1. The number of ether oxygens (including phenoxy) is 1. The number of nitrogens with zero attached hydrogens (tertiary/aromatic N) is 2. The lowest BCUT2D eigenvalue weighted by Gasteiger charge is -2.37. The summed E-state index contributed by atoms with van der Waals surface area (Å²) in [6.07, 6.45) is -0.140. The zero-order chi connectivity index (χ0) is 19.3. The van der Waals surface area contributed by atoms with Gasteiger partial charge < -0.3 is 4.74 Å². The molecule has 0 bridgehead atoms. The molecule has 2 atom stereocenters. The predicted octanol–water partition coefficient (Wildman–Crippen LogP) is 5.81. The highest BCUT2D eigenvalue weighted by Gasteiger charge is 2.43. The van der Waals surface area contributed by atoms with Crippen LogP contribution in [0.3, 0.4) is 0 Å². The van der Waals surface area contributed by atoms with E-state index in [1.807, 2.05) is 29.6 Å². The molecule has 4 nitrogen and oxygen atoms in total. The maximum atomic E-state index is 13.2. The van der Waals surface area contributed by atoms with Crippen LogP contribution in [0.5, 0.6) is 5.75 Å². The van der Waals surface area contributed by atoms with Crippen LogP contribution >= 0.6 is 34.5 Å². The van der Waals surface area contributed by atoms with Crippen molar-refractivity contribution in [2.45, 2.75) is 18.7 Å². The fraction of sp³-hybridized carbons (Fsp3) is 0.143. The lowest BCUT2D eigenvalue weighted by molar-refractivity contribution is -0.00454. The maximum absolute atomic E-state index is 13.2. The van der Waals surface area contributed by atoms with Gasteiger partial charge >= 0.3 is 0 Å². The van der Waals surface area contributed by atoms with Gasteiger partial charge in [0.25, 0.3) is 6.23 Å². The summed E-state index contributed by atoms with van der Waals surface area (Å²) in [6.45, 7) is 0. The number of rotatable bonds is 3. The first kappa shape index (κ1) is 17.7. The average molecular weight is 429 g/mol. The fourth-order valence-corrected chi connectivity index (χ4v) is 4.61. The van der Waals surface area contributed by atoms with Gasteiger partial charge in [-0.3, -0.25) is 4.79 Å². The molecule has 0 radical (unpaired) electrons. The molecule has 3 aromatic rings. The van der Waals surface area contributed by atoms with Crippen LogP contribution in [0.2, 0.25) is 10.0 Å². The van der Waals surface area contributed by atoms with Gasteiger partial charge in [-0.25, -0.2) is 5.01 Å². The summed E-state index contributed by atoms with van der Waals surface area (Å²) in [5.41, 5.74) is 2.43. The molecular weight excluding hydrogens is 415 g/mol. The Balaban J connectivity index is 1.57. The van der Waals surface area contributed by atoms with E-state index in [-0.39, 0.29) is 11.8 Å². The summed E-state index contributed by atoms with van der Waals surface area (Å²) < 4.78 is 6.09. The number of hydrogen-bond donors (Lipinski definition) is 0. The Morgan fingerprint density at radius 2 is 1.89 bits per heavy atom. The van der Waals surface area contributed by atoms with Crippen molar-refractivity contribution >= 4 is 46.0 Å². The van der Waals surface area contributed by atoms with Crippen LogP contribution in [0.1, 0.15) is 33.3 Å². The lowest BCUT2D eigenvalue weighted by Crippen LogP contribution is -2.45. The normalized spacial score (nSPS) is 20.2. The molecule has 2 aliphatic rings. The zero-order valence-electron chi connectivity index (χ0n) is 14.5. The third-order valence-electron chi connectivity index (χ3n) is 4.91. The third-order valence-corrected chi connectivity index (χ3v) is 6.32. The summed E-state index contributed by atoms with van der Waals surface area (Å²) in [4.78, 5) is 14.3. The Morgan fingerprint density at radius 3 is 2.64 bits per heavy atom. The highest BCUT2D eigenvalue weighted by Crippen LogP contribution is 2.44. The molecule has 0 spiro atoms. The number of halogens is 2. The molecule has 1 aromatic heterocycles. The fourth-order valence-electron chi connectivity index (χ4n) is 3.58. The number of hydrogen-bond acceptors (Lipinski definition) is 5.